The summed E-state index contributed by atoms with van der Waals surface area (Å²) in [6, 6.07) is 16.6. The molecule has 0 aromatic heterocycles. The maximum atomic E-state index is 14.0. The minimum absolute atomic E-state index is 0.0820. The Hall–Kier alpha value is -5.52. The number of amides is 2. The molecule has 2 amide bonds. The maximum Gasteiger partial charge on any atom is 0.296 e. The van der Waals surface area contributed by atoms with E-state index in [-0.39, 0.29) is 33.9 Å². The van der Waals surface area contributed by atoms with Gasteiger partial charge in [-0.1, -0.05) is 24.3 Å². The van der Waals surface area contributed by atoms with E-state index >= 15 is 0 Å². The molecule has 38 heavy (non-hydrogen) atoms. The van der Waals surface area contributed by atoms with E-state index in [9.17, 15) is 38.6 Å². The van der Waals surface area contributed by atoms with Gasteiger partial charge < -0.3 is 0 Å². The number of carbonyl (C=O) groups is 2. The minimum atomic E-state index is -0.903. The van der Waals surface area contributed by atoms with Crippen LogP contribution in [0.25, 0.3) is 0 Å². The Morgan fingerprint density at radius 3 is 1.29 bits per heavy atom. The highest BCUT2D eigenvalue weighted by atomic mass is 19.1. The number of fused-ring (bicyclic) bond motifs is 2. The van der Waals surface area contributed by atoms with E-state index in [4.69, 9.17) is 0 Å². The van der Waals surface area contributed by atoms with Crippen molar-refractivity contribution in [3.8, 4) is 0 Å². The topological polar surface area (TPSA) is 127 Å². The normalized spacial score (nSPS) is 12.9. The lowest BCUT2D eigenvalue weighted by Crippen LogP contribution is -2.36. The molecule has 4 aromatic carbocycles. The molecular weight excluding hydrogens is 502 g/mol. The molecule has 0 radical (unpaired) electrons. The Balaban J connectivity index is 1.85. The number of rotatable bonds is 4. The highest BCUT2D eigenvalue weighted by Crippen LogP contribution is 2.44. The summed E-state index contributed by atoms with van der Waals surface area (Å²) in [5, 5.41) is 23.6. The number of carbonyl (C=O) groups excluding carboxylic acids is 2. The zero-order valence-electron chi connectivity index (χ0n) is 19.1. The Kier molecular flexibility index (Phi) is 5.84. The number of nitrogens with zero attached hydrogens (tertiary/aromatic N) is 4. The second-order valence-electron chi connectivity index (χ2n) is 8.10. The average molecular weight is 516 g/mol. The van der Waals surface area contributed by atoms with Crippen molar-refractivity contribution in [2.45, 2.75) is 0 Å². The number of hydrogen-bond acceptors (Lipinski definition) is 6. The molecule has 4 aromatic rings. The van der Waals surface area contributed by atoms with Gasteiger partial charge in [-0.2, -0.15) is 0 Å². The number of anilines is 4. The van der Waals surface area contributed by atoms with Crippen LogP contribution in [0.5, 0.6) is 0 Å². The van der Waals surface area contributed by atoms with Crippen LogP contribution in [0.1, 0.15) is 20.7 Å². The predicted molar refractivity (Wildman–Crippen MR) is 132 cm³/mol. The van der Waals surface area contributed by atoms with Gasteiger partial charge in [-0.15, -0.1) is 0 Å². The second-order valence-corrected chi connectivity index (χ2v) is 8.10. The molecule has 0 unspecified atom stereocenters. The predicted octanol–water partition coefficient (Wildman–Crippen LogP) is 6.05. The first-order valence-electron chi connectivity index (χ1n) is 10.9. The number of halogens is 2. The summed E-state index contributed by atoms with van der Waals surface area (Å²) in [6.07, 6.45) is 0. The van der Waals surface area contributed by atoms with Crippen molar-refractivity contribution in [2.24, 2.45) is 0 Å². The van der Waals surface area contributed by atoms with Crippen molar-refractivity contribution in [3.63, 3.8) is 0 Å². The Labute approximate surface area is 212 Å². The van der Waals surface area contributed by atoms with Crippen molar-refractivity contribution in [2.75, 3.05) is 9.80 Å². The van der Waals surface area contributed by atoms with Crippen LogP contribution in [0, 0.1) is 31.9 Å². The fourth-order valence-corrected chi connectivity index (χ4v) is 4.30. The van der Waals surface area contributed by atoms with Crippen LogP contribution in [0.4, 0.5) is 42.9 Å². The van der Waals surface area contributed by atoms with E-state index in [0.29, 0.717) is 12.1 Å². The first-order chi connectivity index (χ1) is 18.2. The van der Waals surface area contributed by atoms with Gasteiger partial charge in [-0.25, -0.2) is 8.78 Å². The highest BCUT2D eigenvalue weighted by Gasteiger charge is 2.38. The van der Waals surface area contributed by atoms with Gasteiger partial charge in [0.2, 0.25) is 0 Å². The van der Waals surface area contributed by atoms with Crippen LogP contribution in [-0.2, 0) is 0 Å². The summed E-state index contributed by atoms with van der Waals surface area (Å²) >= 11 is 0. The summed E-state index contributed by atoms with van der Waals surface area (Å²) in [5.41, 5.74) is -2.48. The lowest BCUT2D eigenvalue weighted by Gasteiger charge is -2.32. The summed E-state index contributed by atoms with van der Waals surface area (Å²) in [6.45, 7) is 0. The van der Waals surface area contributed by atoms with Crippen LogP contribution < -0.4 is 9.80 Å². The molecule has 0 bridgehead atoms. The first kappa shape index (κ1) is 24.2. The molecule has 0 atom stereocenters. The molecule has 10 nitrogen and oxygen atoms in total. The summed E-state index contributed by atoms with van der Waals surface area (Å²) < 4.78 is 27.9. The van der Waals surface area contributed by atoms with Gasteiger partial charge in [0.15, 0.2) is 0 Å². The molecule has 0 N–H and O–H groups in total. The van der Waals surface area contributed by atoms with Crippen LogP contribution in [0.15, 0.2) is 84.9 Å². The van der Waals surface area contributed by atoms with Crippen LogP contribution in [0.3, 0.4) is 0 Å². The maximum absolute atomic E-state index is 14.0. The molecule has 0 spiro atoms. The zero-order valence-corrected chi connectivity index (χ0v) is 19.1. The van der Waals surface area contributed by atoms with E-state index < -0.39 is 44.7 Å². The van der Waals surface area contributed by atoms with Crippen LogP contribution in [0.2, 0.25) is 0 Å². The van der Waals surface area contributed by atoms with Crippen LogP contribution >= 0.6 is 0 Å². The number of nitro groups is 2. The van der Waals surface area contributed by atoms with Crippen molar-refractivity contribution in [1.82, 2.24) is 0 Å². The molecular formula is C26H14F2N4O6. The summed E-state index contributed by atoms with van der Waals surface area (Å²) in [7, 11) is 0. The van der Waals surface area contributed by atoms with Gasteiger partial charge in [-0.3, -0.25) is 39.6 Å². The average Bonchev–Trinajstić information content (AvgIpc) is 2.90. The molecule has 1 aliphatic heterocycles. The Morgan fingerprint density at radius 1 is 0.553 bits per heavy atom. The molecule has 5 rings (SSSR count). The third-order valence-electron chi connectivity index (χ3n) is 5.91. The van der Waals surface area contributed by atoms with Crippen molar-refractivity contribution in [1.29, 1.82) is 0 Å². The Bertz CT molecular complexity index is 1550. The molecule has 188 valence electrons. The van der Waals surface area contributed by atoms with Gasteiger partial charge in [-0.05, 0) is 48.5 Å². The molecule has 12 heteroatoms. The molecule has 0 saturated heterocycles. The first-order valence-corrected chi connectivity index (χ1v) is 10.9. The SMILES string of the molecule is O=C1c2ccccc2N(c2ccc(F)cc2[N+](=O)[O-])C(=O)c2ccccc2N1c1ccc(F)cc1[N+](=O)[O-]. The smallest absolute Gasteiger partial charge is 0.269 e. The largest absolute Gasteiger partial charge is 0.296 e. The number of hydrogen-bond donors (Lipinski definition) is 0. The lowest BCUT2D eigenvalue weighted by atomic mass is 10.0. The molecule has 1 heterocycles. The third kappa shape index (κ3) is 3.89. The fraction of sp³-hybridized carbons (Fsp3) is 0. The number of benzene rings is 4. The quantitative estimate of drug-likeness (QED) is 0.240. The lowest BCUT2D eigenvalue weighted by molar-refractivity contribution is -0.384. The van der Waals surface area contributed by atoms with Crippen molar-refractivity contribution in [3.05, 3.63) is 128 Å². The monoisotopic (exact) mass is 516 g/mol. The molecule has 0 saturated carbocycles. The van der Waals surface area contributed by atoms with Gasteiger partial charge >= 0.3 is 0 Å². The van der Waals surface area contributed by atoms with E-state index in [1.165, 1.54) is 48.5 Å². The standard InChI is InChI=1S/C26H14F2N4O6/c27-15-9-11-21(23(13-15)31(35)36)29-19-7-3-1-5-17(19)25(33)30(20-8-4-2-6-18(20)26(29)34)22-12-10-16(28)14-24(22)32(37)38/h1-14H. The third-order valence-corrected chi connectivity index (χ3v) is 5.91. The van der Waals surface area contributed by atoms with Gasteiger partial charge in [0, 0.05) is 0 Å². The fourth-order valence-electron chi connectivity index (χ4n) is 4.30. The number of para-hydroxylation sites is 2. The van der Waals surface area contributed by atoms with Gasteiger partial charge in [0.25, 0.3) is 23.2 Å². The van der Waals surface area contributed by atoms with Crippen molar-refractivity contribution >= 4 is 45.9 Å². The Morgan fingerprint density at radius 2 is 0.921 bits per heavy atom. The number of nitro benzene ring substituents is 2. The van der Waals surface area contributed by atoms with E-state index in [0.717, 1.165) is 34.1 Å². The van der Waals surface area contributed by atoms with Crippen molar-refractivity contribution < 1.29 is 28.2 Å². The van der Waals surface area contributed by atoms with E-state index in [2.05, 4.69) is 0 Å². The molecule has 0 fully saturated rings. The zero-order chi connectivity index (χ0) is 27.1. The summed E-state index contributed by atoms with van der Waals surface area (Å²) in [4.78, 5) is 51.8. The van der Waals surface area contributed by atoms with E-state index in [1.807, 2.05) is 0 Å². The van der Waals surface area contributed by atoms with Gasteiger partial charge in [0.05, 0.1) is 44.5 Å². The van der Waals surface area contributed by atoms with Crippen LogP contribution in [-0.4, -0.2) is 21.7 Å². The molecule has 1 aliphatic rings. The minimum Gasteiger partial charge on any atom is -0.269 e. The summed E-state index contributed by atoms with van der Waals surface area (Å²) in [5.74, 6) is -3.46. The molecule has 0 aliphatic carbocycles. The van der Waals surface area contributed by atoms with E-state index in [1.54, 1.807) is 0 Å². The second kappa shape index (κ2) is 9.17. The van der Waals surface area contributed by atoms with Gasteiger partial charge in [0.1, 0.15) is 23.0 Å². The highest BCUT2D eigenvalue weighted by molar-refractivity contribution is 6.25.